The molecule has 128 valence electrons. The number of nitriles is 1. The summed E-state index contributed by atoms with van der Waals surface area (Å²) in [6.07, 6.45) is 0. The third kappa shape index (κ3) is 4.72. The molecule has 7 nitrogen and oxygen atoms in total. The molecule has 0 spiro atoms. The van der Waals surface area contributed by atoms with Crippen molar-refractivity contribution >= 4 is 11.8 Å². The van der Waals surface area contributed by atoms with Crippen molar-refractivity contribution in [2.75, 3.05) is 7.11 Å². The number of amidine groups is 1. The van der Waals surface area contributed by atoms with Gasteiger partial charge in [0, 0.05) is 6.07 Å². The van der Waals surface area contributed by atoms with Crippen molar-refractivity contribution in [2.45, 2.75) is 13.5 Å². The summed E-state index contributed by atoms with van der Waals surface area (Å²) in [7, 11) is 1.45. The molecule has 0 fully saturated rings. The average molecular weight is 339 g/mol. The summed E-state index contributed by atoms with van der Waals surface area (Å²) in [6.45, 7) is 1.75. The van der Waals surface area contributed by atoms with Crippen LogP contribution in [0.3, 0.4) is 0 Å². The average Bonchev–Trinajstić information content (AvgIpc) is 2.64. The van der Waals surface area contributed by atoms with E-state index in [2.05, 4.69) is 5.16 Å². The van der Waals surface area contributed by atoms with Gasteiger partial charge in [-0.05, 0) is 18.6 Å². The predicted octanol–water partition coefficient (Wildman–Crippen LogP) is 2.59. The number of oxime groups is 1. The Balaban J connectivity index is 2.32. The number of carbonyl (C=O) groups excluding carboxylic acids is 1. The van der Waals surface area contributed by atoms with Crippen molar-refractivity contribution < 1.29 is 19.1 Å². The van der Waals surface area contributed by atoms with Gasteiger partial charge in [-0.1, -0.05) is 35.5 Å². The van der Waals surface area contributed by atoms with Crippen LogP contribution in [0.4, 0.5) is 0 Å². The Morgan fingerprint density at radius 3 is 2.56 bits per heavy atom. The lowest BCUT2D eigenvalue weighted by Crippen LogP contribution is -2.10. The van der Waals surface area contributed by atoms with Crippen LogP contribution in [-0.4, -0.2) is 18.9 Å². The minimum Gasteiger partial charge on any atom is -0.493 e. The molecule has 0 bridgehead atoms. The second-order valence-corrected chi connectivity index (χ2v) is 5.05. The van der Waals surface area contributed by atoms with Crippen LogP contribution >= 0.6 is 0 Å². The van der Waals surface area contributed by atoms with Crippen molar-refractivity contribution in [3.63, 3.8) is 0 Å². The van der Waals surface area contributed by atoms with Crippen LogP contribution in [0, 0.1) is 11.3 Å². The van der Waals surface area contributed by atoms with Crippen molar-refractivity contribution in [3.8, 4) is 17.6 Å². The fourth-order valence-corrected chi connectivity index (χ4v) is 1.99. The minimum absolute atomic E-state index is 0.0105. The monoisotopic (exact) mass is 339 g/mol. The smallest absolute Gasteiger partial charge is 0.367 e. The van der Waals surface area contributed by atoms with Crippen LogP contribution < -0.4 is 15.2 Å². The number of carbonyl (C=O) groups is 1. The number of benzene rings is 2. The number of methoxy groups -OCH3 is 1. The molecule has 2 aromatic carbocycles. The first kappa shape index (κ1) is 17.8. The molecule has 2 N–H and O–H groups in total. The Hall–Kier alpha value is -3.53. The van der Waals surface area contributed by atoms with Gasteiger partial charge in [0.15, 0.2) is 11.5 Å². The maximum Gasteiger partial charge on any atom is 0.367 e. The van der Waals surface area contributed by atoms with E-state index in [1.807, 2.05) is 36.4 Å². The highest BCUT2D eigenvalue weighted by Crippen LogP contribution is 2.31. The fraction of sp³-hybridized carbons (Fsp3) is 0.167. The van der Waals surface area contributed by atoms with E-state index in [4.69, 9.17) is 20.0 Å². The summed E-state index contributed by atoms with van der Waals surface area (Å²) >= 11 is 0. The molecule has 0 saturated carbocycles. The molecular formula is C18H17N3O4. The summed E-state index contributed by atoms with van der Waals surface area (Å²) < 4.78 is 11.0. The first-order chi connectivity index (χ1) is 12.0. The summed E-state index contributed by atoms with van der Waals surface area (Å²) in [4.78, 5) is 16.8. The van der Waals surface area contributed by atoms with Gasteiger partial charge in [0.2, 0.25) is 0 Å². The summed E-state index contributed by atoms with van der Waals surface area (Å²) in [5.41, 5.74) is 6.38. The molecule has 0 aliphatic heterocycles. The molecule has 0 radical (unpaired) electrons. The van der Waals surface area contributed by atoms with E-state index in [1.165, 1.54) is 26.2 Å². The van der Waals surface area contributed by atoms with Gasteiger partial charge in [-0.15, -0.1) is 0 Å². The highest BCUT2D eigenvalue weighted by atomic mass is 16.7. The molecule has 7 heteroatoms. The lowest BCUT2D eigenvalue weighted by molar-refractivity contribution is 0.0514. The molecule has 0 atom stereocenters. The van der Waals surface area contributed by atoms with E-state index in [9.17, 15) is 10.1 Å². The van der Waals surface area contributed by atoms with Crippen molar-refractivity contribution in [1.29, 1.82) is 5.26 Å². The first-order valence-electron chi connectivity index (χ1n) is 7.35. The zero-order valence-corrected chi connectivity index (χ0v) is 13.9. The molecule has 0 saturated heterocycles. The van der Waals surface area contributed by atoms with Crippen molar-refractivity contribution in [2.24, 2.45) is 10.9 Å². The van der Waals surface area contributed by atoms with Crippen LogP contribution in [-0.2, 0) is 11.4 Å². The summed E-state index contributed by atoms with van der Waals surface area (Å²) in [5, 5.41) is 12.7. The van der Waals surface area contributed by atoms with Gasteiger partial charge < -0.3 is 20.0 Å². The van der Waals surface area contributed by atoms with Gasteiger partial charge in [-0.3, -0.25) is 0 Å². The Morgan fingerprint density at radius 1 is 1.24 bits per heavy atom. The first-order valence-corrected chi connectivity index (χ1v) is 7.35. The summed E-state index contributed by atoms with van der Waals surface area (Å²) in [5.74, 6) is -0.0808. The molecule has 0 heterocycles. The zero-order valence-electron chi connectivity index (χ0n) is 13.9. The molecule has 0 aliphatic carbocycles. The van der Waals surface area contributed by atoms with Gasteiger partial charge in [0.25, 0.3) is 0 Å². The Morgan fingerprint density at radius 2 is 1.96 bits per heavy atom. The van der Waals surface area contributed by atoms with Crippen LogP contribution in [0.2, 0.25) is 0 Å². The van der Waals surface area contributed by atoms with E-state index in [0.717, 1.165) is 5.56 Å². The van der Waals surface area contributed by atoms with E-state index < -0.39 is 5.97 Å². The maximum absolute atomic E-state index is 12.1. The molecule has 0 amide bonds. The Bertz CT molecular complexity index is 822. The van der Waals surface area contributed by atoms with E-state index >= 15 is 0 Å². The maximum atomic E-state index is 12.1. The normalized spacial score (nSPS) is 10.7. The molecule has 2 rings (SSSR count). The van der Waals surface area contributed by atoms with Gasteiger partial charge in [-0.25, -0.2) is 4.79 Å². The fourth-order valence-electron chi connectivity index (χ4n) is 1.99. The second-order valence-electron chi connectivity index (χ2n) is 5.05. The van der Waals surface area contributed by atoms with Gasteiger partial charge in [0.1, 0.15) is 18.5 Å². The topological polar surface area (TPSA) is 107 Å². The number of nitrogens with zero attached hydrogens (tertiary/aromatic N) is 2. The minimum atomic E-state index is -0.812. The number of ether oxygens (including phenoxy) is 2. The quantitative estimate of drug-likeness (QED) is 0.375. The van der Waals surface area contributed by atoms with Crippen molar-refractivity contribution in [1.82, 2.24) is 0 Å². The van der Waals surface area contributed by atoms with E-state index in [0.29, 0.717) is 11.5 Å². The lowest BCUT2D eigenvalue weighted by atomic mass is 10.1. The third-order valence-electron chi connectivity index (χ3n) is 3.15. The standard InChI is InChI=1S/C18H17N3O4/c1-12(20)21-25-18(22)15-9-17(16(23-2)8-14(15)10-19)24-11-13-6-4-3-5-7-13/h3-9H,11H2,1-2H3,(H2,20,21). The van der Waals surface area contributed by atoms with E-state index in [-0.39, 0.29) is 23.6 Å². The van der Waals surface area contributed by atoms with Gasteiger partial charge in [-0.2, -0.15) is 5.26 Å². The van der Waals surface area contributed by atoms with Gasteiger partial charge >= 0.3 is 5.97 Å². The molecular weight excluding hydrogens is 322 g/mol. The largest absolute Gasteiger partial charge is 0.493 e. The Kier molecular flexibility index (Phi) is 5.96. The zero-order chi connectivity index (χ0) is 18.2. The number of hydrogen-bond donors (Lipinski definition) is 1. The number of nitrogens with two attached hydrogens (primary N) is 1. The molecule has 2 aromatic rings. The van der Waals surface area contributed by atoms with Crippen LogP contribution in [0.25, 0.3) is 0 Å². The molecule has 25 heavy (non-hydrogen) atoms. The third-order valence-corrected chi connectivity index (χ3v) is 3.15. The van der Waals surface area contributed by atoms with Gasteiger partial charge in [0.05, 0.1) is 18.2 Å². The number of rotatable bonds is 6. The van der Waals surface area contributed by atoms with Crippen LogP contribution in [0.5, 0.6) is 11.5 Å². The SMILES string of the molecule is COc1cc(C#N)c(C(=O)ON=C(C)N)cc1OCc1ccccc1. The molecule has 0 unspecified atom stereocenters. The van der Waals surface area contributed by atoms with Crippen molar-refractivity contribution in [3.05, 3.63) is 59.2 Å². The summed E-state index contributed by atoms with van der Waals surface area (Å²) in [6, 6.07) is 14.2. The molecule has 0 aliphatic rings. The van der Waals surface area contributed by atoms with E-state index in [1.54, 1.807) is 0 Å². The highest BCUT2D eigenvalue weighted by molar-refractivity contribution is 5.93. The highest BCUT2D eigenvalue weighted by Gasteiger charge is 2.19. The predicted molar refractivity (Wildman–Crippen MR) is 91.2 cm³/mol. The lowest BCUT2D eigenvalue weighted by Gasteiger charge is -2.13. The Labute approximate surface area is 145 Å². The van der Waals surface area contributed by atoms with Crippen LogP contribution in [0.15, 0.2) is 47.6 Å². The second kappa shape index (κ2) is 8.36. The molecule has 0 aromatic heterocycles. The van der Waals surface area contributed by atoms with Crippen LogP contribution in [0.1, 0.15) is 28.4 Å². The number of hydrogen-bond acceptors (Lipinski definition) is 6.